The Kier molecular flexibility index (Phi) is 26.7. The fourth-order valence-corrected chi connectivity index (χ4v) is 4.43. The molecule has 0 heterocycles. The summed E-state index contributed by atoms with van der Waals surface area (Å²) < 4.78 is 16.1. The summed E-state index contributed by atoms with van der Waals surface area (Å²) in [4.78, 5) is 35.5. The number of hydrogen-bond acceptors (Lipinski definition) is 6. The monoisotopic (exact) mass is 612 g/mol. The Hall–Kier alpha value is -3.07. The lowest BCUT2D eigenvalue weighted by Gasteiger charge is -2.19. The molecule has 6 heteroatoms. The molecule has 0 amide bonds. The van der Waals surface area contributed by atoms with Gasteiger partial charge < -0.3 is 14.2 Å². The Morgan fingerprint density at radius 1 is 0.727 bits per heavy atom. The number of ether oxygens (including phenoxy) is 3. The van der Waals surface area contributed by atoms with Gasteiger partial charge in [-0.2, -0.15) is 0 Å². The summed E-state index contributed by atoms with van der Waals surface area (Å²) >= 11 is 0. The van der Waals surface area contributed by atoms with Crippen LogP contribution in [0.25, 0.3) is 0 Å². The Bertz CT molecular complexity index is 985. The highest BCUT2D eigenvalue weighted by Crippen LogP contribution is 2.18. The Morgan fingerprint density at radius 3 is 1.89 bits per heavy atom. The number of hydrogen-bond donors (Lipinski definition) is 0. The molecule has 0 aromatic carbocycles. The first kappa shape index (κ1) is 40.9. The fraction of sp³-hybridized carbons (Fsp3) is 0.658. The maximum atomic E-state index is 12.3. The van der Waals surface area contributed by atoms with Crippen LogP contribution in [0.3, 0.4) is 0 Å². The van der Waals surface area contributed by atoms with Crippen LogP contribution in [0.15, 0.2) is 47.3 Å². The van der Waals surface area contributed by atoms with Crippen molar-refractivity contribution in [2.75, 3.05) is 6.61 Å². The third kappa shape index (κ3) is 27.7. The zero-order valence-corrected chi connectivity index (χ0v) is 28.6. The van der Waals surface area contributed by atoms with E-state index in [1.807, 2.05) is 32.9 Å². The zero-order chi connectivity index (χ0) is 32.8. The molecule has 0 radical (unpaired) electrons. The molecule has 0 rings (SSSR count). The maximum Gasteiger partial charge on any atom is 0.307 e. The molecule has 0 saturated heterocycles. The van der Waals surface area contributed by atoms with Crippen LogP contribution in [0.4, 0.5) is 0 Å². The van der Waals surface area contributed by atoms with Crippen LogP contribution in [-0.2, 0) is 28.6 Å². The van der Waals surface area contributed by atoms with E-state index in [0.29, 0.717) is 18.4 Å². The molecule has 0 aromatic rings. The number of allylic oxidation sites excluding steroid dienone is 5. The smallest absolute Gasteiger partial charge is 0.307 e. The summed E-state index contributed by atoms with van der Waals surface area (Å²) in [5, 5.41) is 0. The Balaban J connectivity index is 4.42. The van der Waals surface area contributed by atoms with Crippen LogP contribution >= 0.6 is 0 Å². The number of unbranched alkanes of at least 4 members (excludes halogenated alkanes) is 12. The second-order valence-corrected chi connectivity index (χ2v) is 11.7. The van der Waals surface area contributed by atoms with E-state index in [4.69, 9.17) is 14.2 Å². The molecule has 0 aliphatic rings. The second-order valence-electron chi connectivity index (χ2n) is 11.7. The van der Waals surface area contributed by atoms with E-state index in [2.05, 4.69) is 30.9 Å². The van der Waals surface area contributed by atoms with Crippen LogP contribution in [0, 0.1) is 11.8 Å². The van der Waals surface area contributed by atoms with Gasteiger partial charge >= 0.3 is 17.9 Å². The van der Waals surface area contributed by atoms with E-state index in [1.165, 1.54) is 84.3 Å². The minimum atomic E-state index is -0.665. The van der Waals surface area contributed by atoms with Crippen LogP contribution in [0.1, 0.15) is 151 Å². The molecule has 0 aromatic heterocycles. The number of carbonyl (C=O) groups excluding carboxylic acids is 3. The van der Waals surface area contributed by atoms with Crippen molar-refractivity contribution < 1.29 is 28.6 Å². The van der Waals surface area contributed by atoms with Crippen molar-refractivity contribution in [2.24, 2.45) is 0 Å². The molecule has 0 bridgehead atoms. The average Bonchev–Trinajstić information content (AvgIpc) is 2.96. The van der Waals surface area contributed by atoms with Crippen molar-refractivity contribution in [3.05, 3.63) is 47.3 Å². The van der Waals surface area contributed by atoms with E-state index >= 15 is 0 Å². The molecule has 0 fully saturated rings. The minimum absolute atomic E-state index is 0.110. The Labute approximate surface area is 268 Å². The summed E-state index contributed by atoms with van der Waals surface area (Å²) in [6.07, 6.45) is 27.1. The van der Waals surface area contributed by atoms with Gasteiger partial charge in [-0.3, -0.25) is 14.4 Å². The SMILES string of the molecule is CCCCCCCCC=CCCCCCCCCC(=O)OCCC(=COC(C)=O)C(CC=C(C)C#CC=C(C)C)OC(C)=O. The molecule has 0 N–H and O–H groups in total. The molecule has 0 spiro atoms. The first-order valence-corrected chi connectivity index (χ1v) is 16.8. The first-order valence-electron chi connectivity index (χ1n) is 16.8. The predicted molar refractivity (Wildman–Crippen MR) is 181 cm³/mol. The molecule has 1 atom stereocenters. The second kappa shape index (κ2) is 28.7. The van der Waals surface area contributed by atoms with Crippen LogP contribution < -0.4 is 0 Å². The largest absolute Gasteiger partial charge is 0.465 e. The van der Waals surface area contributed by atoms with Gasteiger partial charge in [-0.15, -0.1) is 0 Å². The van der Waals surface area contributed by atoms with Crippen molar-refractivity contribution in [1.82, 2.24) is 0 Å². The average molecular weight is 613 g/mol. The lowest BCUT2D eigenvalue weighted by atomic mass is 10.0. The van der Waals surface area contributed by atoms with Crippen LogP contribution in [-0.4, -0.2) is 30.6 Å². The van der Waals surface area contributed by atoms with Gasteiger partial charge in [0.05, 0.1) is 12.9 Å². The molecular weight excluding hydrogens is 552 g/mol. The molecule has 1 unspecified atom stereocenters. The van der Waals surface area contributed by atoms with Crippen LogP contribution in [0.2, 0.25) is 0 Å². The summed E-state index contributed by atoms with van der Waals surface area (Å²) in [5.41, 5.74) is 2.49. The third-order valence-electron chi connectivity index (χ3n) is 6.91. The van der Waals surface area contributed by atoms with E-state index < -0.39 is 18.0 Å². The molecule has 44 heavy (non-hydrogen) atoms. The van der Waals surface area contributed by atoms with Gasteiger partial charge in [-0.25, -0.2) is 0 Å². The van der Waals surface area contributed by atoms with Crippen molar-refractivity contribution in [1.29, 1.82) is 0 Å². The highest BCUT2D eigenvalue weighted by Gasteiger charge is 2.18. The van der Waals surface area contributed by atoms with Crippen LogP contribution in [0.5, 0.6) is 0 Å². The summed E-state index contributed by atoms with van der Waals surface area (Å²) in [6.45, 7) is 10.8. The van der Waals surface area contributed by atoms with E-state index in [9.17, 15) is 14.4 Å². The van der Waals surface area contributed by atoms with Gasteiger partial charge in [0, 0.05) is 38.7 Å². The van der Waals surface area contributed by atoms with Crippen molar-refractivity contribution >= 4 is 17.9 Å². The third-order valence-corrected chi connectivity index (χ3v) is 6.91. The number of rotatable bonds is 24. The lowest BCUT2D eigenvalue weighted by Crippen LogP contribution is -2.21. The first-order chi connectivity index (χ1) is 21.1. The van der Waals surface area contributed by atoms with Gasteiger partial charge in [-0.05, 0) is 64.5 Å². The molecule has 0 aliphatic heterocycles. The molecular formula is C38H60O6. The van der Waals surface area contributed by atoms with Crippen molar-refractivity contribution in [3.8, 4) is 11.8 Å². The summed E-state index contributed by atoms with van der Waals surface area (Å²) in [7, 11) is 0. The van der Waals surface area contributed by atoms with E-state index in [-0.39, 0.29) is 19.0 Å². The highest BCUT2D eigenvalue weighted by molar-refractivity contribution is 5.69. The van der Waals surface area contributed by atoms with E-state index in [0.717, 1.165) is 36.8 Å². The summed E-state index contributed by atoms with van der Waals surface area (Å²) in [5.74, 6) is 4.83. The quantitative estimate of drug-likeness (QED) is 0.0269. The van der Waals surface area contributed by atoms with Gasteiger partial charge in [0.25, 0.3) is 0 Å². The lowest BCUT2D eigenvalue weighted by molar-refractivity contribution is -0.146. The minimum Gasteiger partial charge on any atom is -0.465 e. The maximum absolute atomic E-state index is 12.3. The van der Waals surface area contributed by atoms with Crippen molar-refractivity contribution in [2.45, 2.75) is 157 Å². The molecule has 0 saturated carbocycles. The molecule has 248 valence electrons. The molecule has 6 nitrogen and oxygen atoms in total. The summed E-state index contributed by atoms with van der Waals surface area (Å²) in [6, 6.07) is 0. The Morgan fingerprint density at radius 2 is 1.32 bits per heavy atom. The standard InChI is InChI=1S/C38H60O6/c1-7-8-9-10-11-12-13-14-15-16-17-18-19-20-21-22-26-38(41)42-30-29-36(31-43-34(5)39)37(44-35(6)40)28-27-33(4)25-23-24-32(2)3/h14-15,24,27,31,37H,7-13,16-22,26,28-30H2,1-6H3. The predicted octanol–water partition coefficient (Wildman–Crippen LogP) is 10.0. The van der Waals surface area contributed by atoms with Crippen molar-refractivity contribution in [3.63, 3.8) is 0 Å². The highest BCUT2D eigenvalue weighted by atomic mass is 16.6. The normalized spacial score (nSPS) is 12.3. The van der Waals surface area contributed by atoms with Gasteiger partial charge in [0.2, 0.25) is 0 Å². The van der Waals surface area contributed by atoms with Gasteiger partial charge in [0.15, 0.2) is 0 Å². The molecule has 0 aliphatic carbocycles. The van der Waals surface area contributed by atoms with Gasteiger partial charge in [0.1, 0.15) is 6.10 Å². The zero-order valence-electron chi connectivity index (χ0n) is 28.6. The topological polar surface area (TPSA) is 78.9 Å². The van der Waals surface area contributed by atoms with Gasteiger partial charge in [-0.1, -0.05) is 100 Å². The van der Waals surface area contributed by atoms with E-state index in [1.54, 1.807) is 0 Å². The fourth-order valence-electron chi connectivity index (χ4n) is 4.43. The number of carbonyl (C=O) groups is 3. The number of esters is 3.